The summed E-state index contributed by atoms with van der Waals surface area (Å²) in [5, 5.41) is 3.46. The van der Waals surface area contributed by atoms with Crippen molar-refractivity contribution >= 4 is 11.8 Å². The second kappa shape index (κ2) is 3.72. The summed E-state index contributed by atoms with van der Waals surface area (Å²) in [4.78, 5) is 7.68. The number of imidazole rings is 1. The van der Waals surface area contributed by atoms with E-state index in [1.165, 1.54) is 17.2 Å². The van der Waals surface area contributed by atoms with Crippen molar-refractivity contribution in [3.63, 3.8) is 0 Å². The third kappa shape index (κ3) is 2.06. The number of H-pyrrole nitrogens is 1. The molecule has 0 amide bonds. The smallest absolute Gasteiger partial charge is 0.120 e. The molecular weight excluding hydrogens is 182 g/mol. The van der Waals surface area contributed by atoms with Crippen molar-refractivity contribution in [2.24, 2.45) is 0 Å². The fourth-order valence-electron chi connectivity index (χ4n) is 1.30. The third-order valence-electron chi connectivity index (χ3n) is 2.37. The maximum absolute atomic E-state index is 4.42. The highest BCUT2D eigenvalue weighted by Crippen LogP contribution is 2.17. The molecule has 0 aromatic carbocycles. The fourth-order valence-corrected chi connectivity index (χ4v) is 2.01. The van der Waals surface area contributed by atoms with E-state index in [0.29, 0.717) is 6.04 Å². The highest BCUT2D eigenvalue weighted by Gasteiger charge is 2.17. The average Bonchev–Trinajstić information content (AvgIpc) is 2.28. The van der Waals surface area contributed by atoms with Gasteiger partial charge in [0.05, 0.1) is 12.2 Å². The Balaban J connectivity index is 1.86. The van der Waals surface area contributed by atoms with Crippen molar-refractivity contribution in [3.8, 4) is 0 Å². The van der Waals surface area contributed by atoms with Gasteiger partial charge in [-0.15, -0.1) is 0 Å². The molecule has 2 N–H and O–H groups in total. The van der Waals surface area contributed by atoms with Crippen molar-refractivity contribution in [1.82, 2.24) is 15.3 Å². The standard InChI is InChI=1S/C9H15N3S/c1-6-7(2)12-9(11-6)3-10-8-4-13-5-8/h8,10H,3-5H2,1-2H3,(H,11,12). The summed E-state index contributed by atoms with van der Waals surface area (Å²) in [5.41, 5.74) is 2.29. The minimum Gasteiger partial charge on any atom is -0.345 e. The van der Waals surface area contributed by atoms with E-state index in [0.717, 1.165) is 18.1 Å². The van der Waals surface area contributed by atoms with Crippen molar-refractivity contribution in [2.45, 2.75) is 26.4 Å². The van der Waals surface area contributed by atoms with E-state index in [9.17, 15) is 0 Å². The first-order valence-electron chi connectivity index (χ1n) is 4.59. The summed E-state index contributed by atoms with van der Waals surface area (Å²) in [7, 11) is 0. The number of aryl methyl sites for hydroxylation is 2. The van der Waals surface area contributed by atoms with Crippen LogP contribution in [-0.4, -0.2) is 27.5 Å². The molecule has 0 bridgehead atoms. The van der Waals surface area contributed by atoms with Gasteiger partial charge in [-0.25, -0.2) is 4.98 Å². The topological polar surface area (TPSA) is 40.7 Å². The Hall–Kier alpha value is -0.480. The Morgan fingerprint density at radius 2 is 2.31 bits per heavy atom. The van der Waals surface area contributed by atoms with E-state index < -0.39 is 0 Å². The molecule has 0 spiro atoms. The lowest BCUT2D eigenvalue weighted by molar-refractivity contribution is 0.569. The molecular formula is C9H15N3S. The van der Waals surface area contributed by atoms with Crippen molar-refractivity contribution in [2.75, 3.05) is 11.5 Å². The Bertz CT molecular complexity index is 272. The molecule has 4 heteroatoms. The number of rotatable bonds is 3. The fraction of sp³-hybridized carbons (Fsp3) is 0.667. The first-order valence-corrected chi connectivity index (χ1v) is 5.74. The summed E-state index contributed by atoms with van der Waals surface area (Å²) < 4.78 is 0. The minimum absolute atomic E-state index is 0.704. The van der Waals surface area contributed by atoms with Gasteiger partial charge in [-0.05, 0) is 13.8 Å². The van der Waals surface area contributed by atoms with E-state index in [1.807, 2.05) is 18.7 Å². The summed E-state index contributed by atoms with van der Waals surface area (Å²) in [6.07, 6.45) is 0. The lowest BCUT2D eigenvalue weighted by Crippen LogP contribution is -2.39. The first-order chi connectivity index (χ1) is 6.25. The van der Waals surface area contributed by atoms with Gasteiger partial charge >= 0.3 is 0 Å². The van der Waals surface area contributed by atoms with Gasteiger partial charge in [0.15, 0.2) is 0 Å². The highest BCUT2D eigenvalue weighted by molar-refractivity contribution is 8.00. The van der Waals surface area contributed by atoms with Gasteiger partial charge in [-0.3, -0.25) is 0 Å². The molecule has 1 aromatic heterocycles. The van der Waals surface area contributed by atoms with Crippen LogP contribution < -0.4 is 5.32 Å². The third-order valence-corrected chi connectivity index (χ3v) is 3.65. The average molecular weight is 197 g/mol. The molecule has 72 valence electrons. The molecule has 1 aromatic rings. The number of aromatic amines is 1. The number of nitrogens with zero attached hydrogens (tertiary/aromatic N) is 1. The van der Waals surface area contributed by atoms with Gasteiger partial charge in [0.2, 0.25) is 0 Å². The molecule has 0 unspecified atom stereocenters. The van der Waals surface area contributed by atoms with E-state index in [4.69, 9.17) is 0 Å². The van der Waals surface area contributed by atoms with Crippen LogP contribution >= 0.6 is 11.8 Å². The largest absolute Gasteiger partial charge is 0.345 e. The SMILES string of the molecule is Cc1nc(CNC2CSC2)[nH]c1C. The lowest BCUT2D eigenvalue weighted by atomic mass is 10.3. The molecule has 0 saturated carbocycles. The predicted octanol–water partition coefficient (Wildman–Crippen LogP) is 1.23. The van der Waals surface area contributed by atoms with Gasteiger partial charge in [-0.2, -0.15) is 11.8 Å². The number of nitrogens with one attached hydrogen (secondary N) is 2. The quantitative estimate of drug-likeness (QED) is 0.766. The predicted molar refractivity (Wildman–Crippen MR) is 56.0 cm³/mol. The summed E-state index contributed by atoms with van der Waals surface area (Å²) >= 11 is 2.00. The van der Waals surface area contributed by atoms with E-state index >= 15 is 0 Å². The number of thioether (sulfide) groups is 1. The maximum Gasteiger partial charge on any atom is 0.120 e. The van der Waals surface area contributed by atoms with Crippen LogP contribution in [0.5, 0.6) is 0 Å². The normalized spacial score (nSPS) is 17.4. The molecule has 2 rings (SSSR count). The molecule has 2 heterocycles. The highest BCUT2D eigenvalue weighted by atomic mass is 32.2. The van der Waals surface area contributed by atoms with Gasteiger partial charge < -0.3 is 10.3 Å². The molecule has 1 aliphatic heterocycles. The second-order valence-corrected chi connectivity index (χ2v) is 4.58. The number of hydrogen-bond donors (Lipinski definition) is 2. The zero-order valence-corrected chi connectivity index (χ0v) is 8.87. The molecule has 1 aliphatic rings. The van der Waals surface area contributed by atoms with Gasteiger partial charge in [0, 0.05) is 23.2 Å². The number of aromatic nitrogens is 2. The molecule has 0 radical (unpaired) electrons. The van der Waals surface area contributed by atoms with E-state index in [2.05, 4.69) is 22.2 Å². The summed E-state index contributed by atoms with van der Waals surface area (Å²) in [5.74, 6) is 3.56. The molecule has 13 heavy (non-hydrogen) atoms. The monoisotopic (exact) mass is 197 g/mol. The summed E-state index contributed by atoms with van der Waals surface area (Å²) in [6.45, 7) is 4.97. The molecule has 3 nitrogen and oxygen atoms in total. The van der Waals surface area contributed by atoms with Crippen LogP contribution in [0.1, 0.15) is 17.2 Å². The van der Waals surface area contributed by atoms with Gasteiger partial charge in [0.25, 0.3) is 0 Å². The Kier molecular flexibility index (Phi) is 2.60. The second-order valence-electron chi connectivity index (χ2n) is 3.51. The molecule has 1 saturated heterocycles. The number of hydrogen-bond acceptors (Lipinski definition) is 3. The van der Waals surface area contributed by atoms with Gasteiger partial charge in [-0.1, -0.05) is 0 Å². The zero-order valence-electron chi connectivity index (χ0n) is 8.05. The van der Waals surface area contributed by atoms with Gasteiger partial charge in [0.1, 0.15) is 5.82 Å². The molecule has 0 aliphatic carbocycles. The minimum atomic E-state index is 0.704. The Morgan fingerprint density at radius 1 is 1.54 bits per heavy atom. The Morgan fingerprint density at radius 3 is 2.77 bits per heavy atom. The zero-order chi connectivity index (χ0) is 9.26. The molecule has 0 atom stereocenters. The lowest BCUT2D eigenvalue weighted by Gasteiger charge is -2.25. The maximum atomic E-state index is 4.42. The van der Waals surface area contributed by atoms with E-state index in [-0.39, 0.29) is 0 Å². The first kappa shape index (κ1) is 9.09. The van der Waals surface area contributed by atoms with Crippen LogP contribution in [0, 0.1) is 13.8 Å². The van der Waals surface area contributed by atoms with Crippen molar-refractivity contribution < 1.29 is 0 Å². The van der Waals surface area contributed by atoms with Crippen LogP contribution in [-0.2, 0) is 6.54 Å². The van der Waals surface area contributed by atoms with Crippen LogP contribution in [0.3, 0.4) is 0 Å². The molecule has 1 fully saturated rings. The Labute approximate surface area is 82.7 Å². The van der Waals surface area contributed by atoms with Crippen LogP contribution in [0.4, 0.5) is 0 Å². The van der Waals surface area contributed by atoms with Crippen LogP contribution in [0.2, 0.25) is 0 Å². The van der Waals surface area contributed by atoms with Crippen LogP contribution in [0.15, 0.2) is 0 Å². The van der Waals surface area contributed by atoms with E-state index in [1.54, 1.807) is 0 Å². The van der Waals surface area contributed by atoms with Crippen LogP contribution in [0.25, 0.3) is 0 Å². The van der Waals surface area contributed by atoms with Crippen molar-refractivity contribution in [3.05, 3.63) is 17.2 Å². The summed E-state index contributed by atoms with van der Waals surface area (Å²) in [6, 6.07) is 0.704. The van der Waals surface area contributed by atoms with Crippen molar-refractivity contribution in [1.29, 1.82) is 0 Å².